The molecule has 0 saturated carbocycles. The van der Waals surface area contributed by atoms with Gasteiger partial charge in [-0.25, -0.2) is 4.39 Å². The molecule has 4 rings (SSSR count). The fourth-order valence-corrected chi connectivity index (χ4v) is 5.29. The van der Waals surface area contributed by atoms with Crippen LogP contribution in [0.3, 0.4) is 0 Å². The van der Waals surface area contributed by atoms with Crippen LogP contribution in [0.25, 0.3) is 0 Å². The zero-order valence-corrected chi connectivity index (χ0v) is 15.5. The number of benzene rings is 1. The minimum Gasteiger partial charge on any atom is -0.385 e. The van der Waals surface area contributed by atoms with Crippen molar-refractivity contribution in [2.24, 2.45) is 0 Å². The van der Waals surface area contributed by atoms with E-state index >= 15 is 0 Å². The van der Waals surface area contributed by atoms with Crippen LogP contribution in [0.5, 0.6) is 0 Å². The SMILES string of the molecule is CC1CCCCN1C(=O)CN1C2CCC1CC(O)(c1ccc(F)cc1)C2. The van der Waals surface area contributed by atoms with E-state index in [4.69, 9.17) is 0 Å². The first-order valence-corrected chi connectivity index (χ1v) is 10.00. The number of aliphatic hydroxyl groups is 1. The van der Waals surface area contributed by atoms with E-state index in [1.165, 1.54) is 18.6 Å². The summed E-state index contributed by atoms with van der Waals surface area (Å²) >= 11 is 0. The molecule has 3 aliphatic rings. The largest absolute Gasteiger partial charge is 0.385 e. The smallest absolute Gasteiger partial charge is 0.237 e. The van der Waals surface area contributed by atoms with Crippen molar-refractivity contribution in [1.82, 2.24) is 9.80 Å². The van der Waals surface area contributed by atoms with Crippen LogP contribution < -0.4 is 0 Å². The normalized spacial score (nSPS) is 34.9. The first-order valence-electron chi connectivity index (χ1n) is 10.00. The van der Waals surface area contributed by atoms with Crippen LogP contribution >= 0.6 is 0 Å². The molecule has 3 heterocycles. The summed E-state index contributed by atoms with van der Waals surface area (Å²) in [6.45, 7) is 3.50. The summed E-state index contributed by atoms with van der Waals surface area (Å²) in [5.74, 6) is -0.0414. The van der Waals surface area contributed by atoms with Crippen LogP contribution in [0.1, 0.15) is 57.4 Å². The maximum absolute atomic E-state index is 13.2. The van der Waals surface area contributed by atoms with Gasteiger partial charge in [-0.15, -0.1) is 0 Å². The number of hydrogen-bond acceptors (Lipinski definition) is 3. The van der Waals surface area contributed by atoms with Crippen molar-refractivity contribution in [2.45, 2.75) is 75.6 Å². The lowest BCUT2D eigenvalue weighted by Crippen LogP contribution is -2.54. The van der Waals surface area contributed by atoms with Crippen LogP contribution in [0, 0.1) is 5.82 Å². The molecule has 3 saturated heterocycles. The molecule has 1 aromatic carbocycles. The van der Waals surface area contributed by atoms with E-state index in [2.05, 4.69) is 11.8 Å². The molecule has 3 atom stereocenters. The van der Waals surface area contributed by atoms with Gasteiger partial charge < -0.3 is 10.0 Å². The number of carbonyl (C=O) groups excluding carboxylic acids is 1. The van der Waals surface area contributed by atoms with Gasteiger partial charge in [-0.2, -0.15) is 0 Å². The number of fused-ring (bicyclic) bond motifs is 2. The first kappa shape index (κ1) is 17.9. The third kappa shape index (κ3) is 3.27. The number of nitrogens with zero attached hydrogens (tertiary/aromatic N) is 2. The highest BCUT2D eigenvalue weighted by Crippen LogP contribution is 2.45. The Bertz CT molecular complexity index is 648. The predicted octanol–water partition coefficient (Wildman–Crippen LogP) is 3.04. The number of hydrogen-bond donors (Lipinski definition) is 1. The van der Waals surface area contributed by atoms with Gasteiger partial charge in [0.05, 0.1) is 12.1 Å². The molecule has 4 nitrogen and oxygen atoms in total. The summed E-state index contributed by atoms with van der Waals surface area (Å²) in [6.07, 6.45) is 6.71. The van der Waals surface area contributed by atoms with Crippen molar-refractivity contribution in [3.63, 3.8) is 0 Å². The molecule has 3 fully saturated rings. The van der Waals surface area contributed by atoms with Gasteiger partial charge in [0.2, 0.25) is 5.91 Å². The third-order valence-corrected chi connectivity index (χ3v) is 6.74. The van der Waals surface area contributed by atoms with Gasteiger partial charge in [0.25, 0.3) is 0 Å². The van der Waals surface area contributed by atoms with Crippen LogP contribution in [-0.2, 0) is 10.4 Å². The van der Waals surface area contributed by atoms with E-state index in [9.17, 15) is 14.3 Å². The highest BCUT2D eigenvalue weighted by molar-refractivity contribution is 5.78. The Labute approximate surface area is 155 Å². The molecule has 0 aliphatic carbocycles. The molecule has 1 aromatic rings. The molecular weight excluding hydrogens is 331 g/mol. The Morgan fingerprint density at radius 2 is 1.81 bits per heavy atom. The summed E-state index contributed by atoms with van der Waals surface area (Å²) < 4.78 is 13.2. The highest BCUT2D eigenvalue weighted by Gasteiger charge is 2.49. The maximum atomic E-state index is 13.2. The minimum absolute atomic E-state index is 0.229. The van der Waals surface area contributed by atoms with Crippen molar-refractivity contribution in [3.05, 3.63) is 35.6 Å². The van der Waals surface area contributed by atoms with Gasteiger partial charge >= 0.3 is 0 Å². The molecule has 1 amide bonds. The van der Waals surface area contributed by atoms with Crippen LogP contribution in [0.2, 0.25) is 0 Å². The van der Waals surface area contributed by atoms with Gasteiger partial charge in [-0.3, -0.25) is 9.69 Å². The van der Waals surface area contributed by atoms with E-state index in [-0.39, 0.29) is 23.8 Å². The van der Waals surface area contributed by atoms with Crippen molar-refractivity contribution < 1.29 is 14.3 Å². The highest BCUT2D eigenvalue weighted by atomic mass is 19.1. The molecule has 0 radical (unpaired) electrons. The molecular formula is C21H29FN2O2. The van der Waals surface area contributed by atoms with Gasteiger partial charge in [0, 0.05) is 24.7 Å². The second kappa shape index (κ2) is 6.93. The Balaban J connectivity index is 1.45. The zero-order chi connectivity index (χ0) is 18.3. The lowest BCUT2D eigenvalue weighted by atomic mass is 9.80. The van der Waals surface area contributed by atoms with E-state index in [0.29, 0.717) is 25.4 Å². The fourth-order valence-electron chi connectivity index (χ4n) is 5.29. The lowest BCUT2D eigenvalue weighted by Gasteiger charge is -2.45. The van der Waals surface area contributed by atoms with Crippen molar-refractivity contribution >= 4 is 5.91 Å². The number of carbonyl (C=O) groups is 1. The standard InChI is InChI=1S/C21H29FN2O2/c1-15-4-2-3-11-23(15)20(25)14-24-18-9-10-19(24)13-21(26,12-18)16-5-7-17(22)8-6-16/h5-8,15,18-19,26H,2-4,9-14H2,1H3. The van der Waals surface area contributed by atoms with Gasteiger partial charge in [-0.05, 0) is 69.6 Å². The Morgan fingerprint density at radius 3 is 2.42 bits per heavy atom. The molecule has 5 heteroatoms. The van der Waals surface area contributed by atoms with E-state index in [0.717, 1.165) is 37.8 Å². The van der Waals surface area contributed by atoms with Gasteiger partial charge in [-0.1, -0.05) is 12.1 Å². The summed E-state index contributed by atoms with van der Waals surface area (Å²) in [7, 11) is 0. The van der Waals surface area contributed by atoms with Crippen molar-refractivity contribution in [2.75, 3.05) is 13.1 Å². The number of rotatable bonds is 3. The summed E-state index contributed by atoms with van der Waals surface area (Å²) in [5.41, 5.74) is -0.108. The van der Waals surface area contributed by atoms with Gasteiger partial charge in [0.15, 0.2) is 0 Å². The van der Waals surface area contributed by atoms with Gasteiger partial charge in [0.1, 0.15) is 5.82 Å². The zero-order valence-electron chi connectivity index (χ0n) is 15.5. The van der Waals surface area contributed by atoms with Crippen LogP contribution in [0.4, 0.5) is 4.39 Å². The molecule has 1 N–H and O–H groups in total. The second-order valence-electron chi connectivity index (χ2n) is 8.44. The minimum atomic E-state index is -0.905. The van der Waals surface area contributed by atoms with E-state index in [1.54, 1.807) is 12.1 Å². The lowest BCUT2D eigenvalue weighted by molar-refractivity contribution is -0.139. The molecule has 0 spiro atoms. The average Bonchev–Trinajstić information content (AvgIpc) is 2.86. The number of likely N-dealkylation sites (tertiary alicyclic amines) is 1. The Kier molecular flexibility index (Phi) is 4.78. The Hall–Kier alpha value is -1.46. The maximum Gasteiger partial charge on any atom is 0.237 e. The molecule has 3 unspecified atom stereocenters. The molecule has 3 aliphatic heterocycles. The second-order valence-corrected chi connectivity index (χ2v) is 8.44. The number of amides is 1. The average molecular weight is 360 g/mol. The molecule has 142 valence electrons. The quantitative estimate of drug-likeness (QED) is 0.901. The number of piperidine rings is 2. The molecule has 0 aromatic heterocycles. The molecule has 2 bridgehead atoms. The predicted molar refractivity (Wildman–Crippen MR) is 98.1 cm³/mol. The fraction of sp³-hybridized carbons (Fsp3) is 0.667. The van der Waals surface area contributed by atoms with Crippen molar-refractivity contribution in [3.8, 4) is 0 Å². The summed E-state index contributed by atoms with van der Waals surface area (Å²) in [6, 6.07) is 7.04. The summed E-state index contributed by atoms with van der Waals surface area (Å²) in [4.78, 5) is 17.2. The third-order valence-electron chi connectivity index (χ3n) is 6.74. The summed E-state index contributed by atoms with van der Waals surface area (Å²) in [5, 5.41) is 11.2. The first-order chi connectivity index (χ1) is 12.5. The topological polar surface area (TPSA) is 43.8 Å². The van der Waals surface area contributed by atoms with Crippen LogP contribution in [-0.4, -0.2) is 52.0 Å². The molecule has 26 heavy (non-hydrogen) atoms. The van der Waals surface area contributed by atoms with E-state index in [1.807, 2.05) is 4.90 Å². The number of halogens is 1. The Morgan fingerprint density at radius 1 is 1.15 bits per heavy atom. The monoisotopic (exact) mass is 360 g/mol. The van der Waals surface area contributed by atoms with Crippen LogP contribution in [0.15, 0.2) is 24.3 Å². The van der Waals surface area contributed by atoms with E-state index < -0.39 is 5.60 Å². The van der Waals surface area contributed by atoms with Crippen molar-refractivity contribution in [1.29, 1.82) is 0 Å².